The van der Waals surface area contributed by atoms with Gasteiger partial charge in [0, 0.05) is 36.9 Å². The third-order valence-corrected chi connectivity index (χ3v) is 5.54. The Morgan fingerprint density at radius 3 is 2.55 bits per heavy atom. The van der Waals surface area contributed by atoms with Gasteiger partial charge in [-0.1, -0.05) is 20.8 Å². The average molecular weight is 410 g/mol. The molecule has 0 radical (unpaired) electrons. The van der Waals surface area contributed by atoms with Crippen LogP contribution in [-0.2, 0) is 16.8 Å². The van der Waals surface area contributed by atoms with Crippen LogP contribution in [0.2, 0.25) is 0 Å². The first-order valence-electron chi connectivity index (χ1n) is 10.2. The fraction of sp³-hybridized carbons (Fsp3) is 0.636. The largest absolute Gasteiger partial charge is 0.435 e. The molecular formula is C22H29F3N2O2. The summed E-state index contributed by atoms with van der Waals surface area (Å²) < 4.78 is 46.2. The molecule has 1 saturated carbocycles. The summed E-state index contributed by atoms with van der Waals surface area (Å²) in [5.74, 6) is 0.0125. The molecule has 160 valence electrons. The number of carbonyl (C=O) groups is 1. The molecular weight excluding hydrogens is 381 g/mol. The molecule has 0 unspecified atom stereocenters. The Balaban J connectivity index is 1.89. The highest BCUT2D eigenvalue weighted by atomic mass is 19.3. The second-order valence-corrected chi connectivity index (χ2v) is 9.49. The van der Waals surface area contributed by atoms with Gasteiger partial charge >= 0.3 is 6.61 Å². The number of Topliss-reactive ketones (excluding diaryl/α,β-unsaturated/α-hetero) is 1. The number of benzene rings is 1. The molecule has 1 fully saturated rings. The number of hydrogen-bond donors (Lipinski definition) is 0. The maximum atomic E-state index is 14.6. The normalized spacial score (nSPS) is 16.3. The van der Waals surface area contributed by atoms with E-state index in [2.05, 4.69) is 16.6 Å². The number of carbonyl (C=O) groups excluding carboxylic acids is 1. The Morgan fingerprint density at radius 1 is 1.31 bits per heavy atom. The summed E-state index contributed by atoms with van der Waals surface area (Å²) in [6.45, 7) is 5.15. The lowest BCUT2D eigenvalue weighted by molar-refractivity contribution is -0.120. The minimum atomic E-state index is -3.02. The van der Waals surface area contributed by atoms with Gasteiger partial charge in [0.05, 0.1) is 5.52 Å². The highest BCUT2D eigenvalue weighted by Gasteiger charge is 2.37. The molecule has 0 aliphatic heterocycles. The van der Waals surface area contributed by atoms with Crippen molar-refractivity contribution in [3.05, 3.63) is 23.8 Å². The lowest BCUT2D eigenvalue weighted by atomic mass is 9.78. The van der Waals surface area contributed by atoms with Crippen LogP contribution < -0.4 is 4.74 Å². The first kappa shape index (κ1) is 21.7. The van der Waals surface area contributed by atoms with E-state index in [9.17, 15) is 18.0 Å². The second kappa shape index (κ2) is 8.00. The standard InChI is InChI=1S/C22H29F3N2O2/c1-21(2,3)13-14(28)7-5-8-18-26-19-16(23)11-15(29-20(24)25)12-17(19)27(18)22(4)9-6-10-22/h11-12,20H,5-10,13H2,1-4H3. The summed E-state index contributed by atoms with van der Waals surface area (Å²) in [6.07, 6.45) is 4.99. The van der Waals surface area contributed by atoms with E-state index in [1.165, 1.54) is 6.07 Å². The molecule has 7 heteroatoms. The Labute approximate surface area is 169 Å². The van der Waals surface area contributed by atoms with Gasteiger partial charge in [-0.25, -0.2) is 9.37 Å². The third kappa shape index (κ3) is 4.93. The number of nitrogens with zero attached hydrogens (tertiary/aromatic N) is 2. The molecule has 0 bridgehead atoms. The second-order valence-electron chi connectivity index (χ2n) is 9.49. The van der Waals surface area contributed by atoms with Crippen LogP contribution in [0.25, 0.3) is 11.0 Å². The first-order chi connectivity index (χ1) is 13.5. The lowest BCUT2D eigenvalue weighted by Crippen LogP contribution is -2.38. The number of fused-ring (bicyclic) bond motifs is 1. The van der Waals surface area contributed by atoms with Crippen LogP contribution in [0.1, 0.15) is 72.0 Å². The Kier molecular flexibility index (Phi) is 5.97. The number of aromatic nitrogens is 2. The quantitative estimate of drug-likeness (QED) is 0.536. The zero-order valence-electron chi connectivity index (χ0n) is 17.5. The van der Waals surface area contributed by atoms with Gasteiger partial charge in [0.25, 0.3) is 0 Å². The van der Waals surface area contributed by atoms with Gasteiger partial charge in [0.2, 0.25) is 0 Å². The van der Waals surface area contributed by atoms with Crippen LogP contribution in [0, 0.1) is 11.2 Å². The van der Waals surface area contributed by atoms with Crippen LogP contribution in [0.15, 0.2) is 12.1 Å². The average Bonchev–Trinajstić information content (AvgIpc) is 2.89. The Bertz CT molecular complexity index is 896. The Morgan fingerprint density at radius 2 is 2.00 bits per heavy atom. The fourth-order valence-electron chi connectivity index (χ4n) is 4.14. The molecule has 3 rings (SSSR count). The molecule has 4 nitrogen and oxygen atoms in total. The predicted octanol–water partition coefficient (Wildman–Crippen LogP) is 6.00. The molecule has 0 amide bonds. The molecule has 1 aromatic carbocycles. The summed E-state index contributed by atoms with van der Waals surface area (Å²) in [4.78, 5) is 16.7. The summed E-state index contributed by atoms with van der Waals surface area (Å²) in [5, 5.41) is 0. The van der Waals surface area contributed by atoms with Gasteiger partial charge in [-0.05, 0) is 38.0 Å². The van der Waals surface area contributed by atoms with E-state index < -0.39 is 12.4 Å². The topological polar surface area (TPSA) is 44.1 Å². The summed E-state index contributed by atoms with van der Waals surface area (Å²) >= 11 is 0. The summed E-state index contributed by atoms with van der Waals surface area (Å²) in [6, 6.07) is 2.39. The highest BCUT2D eigenvalue weighted by molar-refractivity contribution is 5.80. The maximum Gasteiger partial charge on any atom is 0.387 e. The lowest BCUT2D eigenvalue weighted by Gasteiger charge is -2.41. The van der Waals surface area contributed by atoms with Crippen molar-refractivity contribution in [3.63, 3.8) is 0 Å². The number of halogens is 3. The molecule has 1 aromatic heterocycles. The van der Waals surface area contributed by atoms with Gasteiger partial charge in [-0.3, -0.25) is 4.79 Å². The third-order valence-electron chi connectivity index (χ3n) is 5.54. The SMILES string of the molecule is CC(C)(C)CC(=O)CCCc1nc2c(F)cc(OC(F)F)cc2n1C1(C)CCC1. The molecule has 1 aliphatic carbocycles. The van der Waals surface area contributed by atoms with Crippen LogP contribution in [0.4, 0.5) is 13.2 Å². The van der Waals surface area contributed by atoms with Crippen molar-refractivity contribution < 1.29 is 22.7 Å². The zero-order valence-corrected chi connectivity index (χ0v) is 17.5. The molecule has 1 heterocycles. The van der Waals surface area contributed by atoms with E-state index in [0.29, 0.717) is 37.0 Å². The van der Waals surface area contributed by atoms with Gasteiger partial charge in [-0.2, -0.15) is 8.78 Å². The van der Waals surface area contributed by atoms with E-state index in [0.717, 1.165) is 25.3 Å². The number of rotatable bonds is 8. The molecule has 2 aromatic rings. The summed E-state index contributed by atoms with van der Waals surface area (Å²) in [7, 11) is 0. The van der Waals surface area contributed by atoms with Crippen molar-refractivity contribution in [2.24, 2.45) is 5.41 Å². The van der Waals surface area contributed by atoms with Crippen LogP contribution in [0.3, 0.4) is 0 Å². The number of aryl methyl sites for hydroxylation is 1. The van der Waals surface area contributed by atoms with Crippen LogP contribution in [0.5, 0.6) is 5.75 Å². The van der Waals surface area contributed by atoms with Crippen LogP contribution >= 0.6 is 0 Å². The van der Waals surface area contributed by atoms with Crippen molar-refractivity contribution in [1.29, 1.82) is 0 Å². The summed E-state index contributed by atoms with van der Waals surface area (Å²) in [5.41, 5.74) is 0.359. The van der Waals surface area contributed by atoms with Crippen LogP contribution in [-0.4, -0.2) is 21.9 Å². The minimum Gasteiger partial charge on any atom is -0.435 e. The van der Waals surface area contributed by atoms with Crippen molar-refractivity contribution in [3.8, 4) is 5.75 Å². The maximum absolute atomic E-state index is 14.6. The van der Waals surface area contributed by atoms with E-state index in [1.807, 2.05) is 25.3 Å². The van der Waals surface area contributed by atoms with Gasteiger partial charge in [0.15, 0.2) is 5.82 Å². The van der Waals surface area contributed by atoms with E-state index in [4.69, 9.17) is 0 Å². The molecule has 0 saturated heterocycles. The molecule has 1 aliphatic rings. The molecule has 0 N–H and O–H groups in total. The number of alkyl halides is 2. The van der Waals surface area contributed by atoms with Gasteiger partial charge in [0.1, 0.15) is 22.9 Å². The molecule has 29 heavy (non-hydrogen) atoms. The van der Waals surface area contributed by atoms with Gasteiger partial charge in [-0.15, -0.1) is 0 Å². The molecule has 0 spiro atoms. The first-order valence-corrected chi connectivity index (χ1v) is 10.2. The Hall–Kier alpha value is -2.05. The van der Waals surface area contributed by atoms with E-state index in [-0.39, 0.29) is 28.0 Å². The number of ketones is 1. The van der Waals surface area contributed by atoms with Crippen molar-refractivity contribution in [2.75, 3.05) is 0 Å². The van der Waals surface area contributed by atoms with Gasteiger partial charge < -0.3 is 9.30 Å². The number of ether oxygens (including phenoxy) is 1. The highest BCUT2D eigenvalue weighted by Crippen LogP contribution is 2.43. The van der Waals surface area contributed by atoms with Crippen molar-refractivity contribution in [2.45, 2.75) is 84.8 Å². The van der Waals surface area contributed by atoms with E-state index in [1.54, 1.807) is 0 Å². The number of imidazole rings is 1. The fourth-order valence-corrected chi connectivity index (χ4v) is 4.14. The molecule has 0 atom stereocenters. The number of hydrogen-bond acceptors (Lipinski definition) is 3. The zero-order chi connectivity index (χ0) is 21.4. The monoisotopic (exact) mass is 410 g/mol. The minimum absolute atomic E-state index is 0.0478. The van der Waals surface area contributed by atoms with Crippen molar-refractivity contribution in [1.82, 2.24) is 9.55 Å². The van der Waals surface area contributed by atoms with E-state index >= 15 is 0 Å². The predicted molar refractivity (Wildman–Crippen MR) is 106 cm³/mol. The smallest absolute Gasteiger partial charge is 0.387 e. The van der Waals surface area contributed by atoms with Crippen molar-refractivity contribution >= 4 is 16.8 Å².